The lowest BCUT2D eigenvalue weighted by Crippen LogP contribution is -2.26. The van der Waals surface area contributed by atoms with Gasteiger partial charge < -0.3 is 5.11 Å². The van der Waals surface area contributed by atoms with Crippen LogP contribution in [0, 0.1) is 11.6 Å². The number of aromatic nitrogens is 1. The Hall–Kier alpha value is -1.33. The van der Waals surface area contributed by atoms with Gasteiger partial charge in [0, 0.05) is 6.42 Å². The van der Waals surface area contributed by atoms with Gasteiger partial charge in [0.05, 0.1) is 16.4 Å². The lowest BCUT2D eigenvalue weighted by Gasteiger charge is -2.23. The Labute approximate surface area is 118 Å². The number of nitrogens with zero attached hydrogens (tertiary/aromatic N) is 1. The van der Waals surface area contributed by atoms with E-state index < -0.39 is 11.4 Å². The van der Waals surface area contributed by atoms with Gasteiger partial charge in [-0.3, -0.25) is 4.98 Å². The Morgan fingerprint density at radius 1 is 1.26 bits per heavy atom. The van der Waals surface area contributed by atoms with Crippen molar-refractivity contribution >= 4 is 15.9 Å². The molecule has 2 aromatic rings. The van der Waals surface area contributed by atoms with E-state index >= 15 is 0 Å². The number of hydrogen-bond acceptors (Lipinski definition) is 2. The minimum Gasteiger partial charge on any atom is -0.383 e. The maximum atomic E-state index is 13.4. The zero-order valence-electron chi connectivity index (χ0n) is 10.2. The molecule has 2 nitrogen and oxygen atoms in total. The van der Waals surface area contributed by atoms with Crippen molar-refractivity contribution in [1.82, 2.24) is 4.98 Å². The van der Waals surface area contributed by atoms with Gasteiger partial charge in [-0.2, -0.15) is 0 Å². The second kappa shape index (κ2) is 5.35. The Kier molecular flexibility index (Phi) is 3.96. The molecule has 0 saturated heterocycles. The van der Waals surface area contributed by atoms with Gasteiger partial charge in [-0.15, -0.1) is 0 Å². The fraction of sp³-hybridized carbons (Fsp3) is 0.214. The summed E-state index contributed by atoms with van der Waals surface area (Å²) in [7, 11) is 0. The molecule has 1 atom stereocenters. The highest BCUT2D eigenvalue weighted by Gasteiger charge is 2.26. The number of rotatable bonds is 3. The van der Waals surface area contributed by atoms with Crippen molar-refractivity contribution in [2.45, 2.75) is 18.9 Å². The quantitative estimate of drug-likeness (QED) is 0.934. The second-order valence-corrected chi connectivity index (χ2v) is 5.32. The van der Waals surface area contributed by atoms with Crippen molar-refractivity contribution in [3.8, 4) is 0 Å². The standard InChI is InChI=1S/C14H12BrF2NO/c1-14(19,12-6-5-10(16)8-18-12)7-9-3-2-4-11(17)13(9)15/h2-6,8,19H,7H2,1H3. The summed E-state index contributed by atoms with van der Waals surface area (Å²) in [4.78, 5) is 3.86. The maximum Gasteiger partial charge on any atom is 0.141 e. The van der Waals surface area contributed by atoms with Gasteiger partial charge in [-0.05, 0) is 46.6 Å². The van der Waals surface area contributed by atoms with Crippen LogP contribution in [0.1, 0.15) is 18.2 Å². The highest BCUT2D eigenvalue weighted by molar-refractivity contribution is 9.10. The average Bonchev–Trinajstić information content (AvgIpc) is 2.35. The zero-order valence-corrected chi connectivity index (χ0v) is 11.8. The summed E-state index contributed by atoms with van der Waals surface area (Å²) < 4.78 is 26.6. The Morgan fingerprint density at radius 2 is 2.00 bits per heavy atom. The molecule has 2 rings (SSSR count). The van der Waals surface area contributed by atoms with E-state index in [4.69, 9.17) is 0 Å². The van der Waals surface area contributed by atoms with Crippen LogP contribution in [0.15, 0.2) is 41.0 Å². The van der Waals surface area contributed by atoms with Gasteiger partial charge in [0.1, 0.15) is 17.2 Å². The number of benzene rings is 1. The molecule has 1 aromatic carbocycles. The molecule has 19 heavy (non-hydrogen) atoms. The van der Waals surface area contributed by atoms with Gasteiger partial charge in [-0.1, -0.05) is 12.1 Å². The highest BCUT2D eigenvalue weighted by Crippen LogP contribution is 2.29. The zero-order chi connectivity index (χ0) is 14.0. The van der Waals surface area contributed by atoms with Crippen LogP contribution in [0.2, 0.25) is 0 Å². The van der Waals surface area contributed by atoms with E-state index in [1.807, 2.05) is 0 Å². The van der Waals surface area contributed by atoms with E-state index in [1.165, 1.54) is 18.2 Å². The van der Waals surface area contributed by atoms with Crippen molar-refractivity contribution < 1.29 is 13.9 Å². The normalized spacial score (nSPS) is 14.2. The van der Waals surface area contributed by atoms with Crippen molar-refractivity contribution in [3.63, 3.8) is 0 Å². The Morgan fingerprint density at radius 3 is 2.63 bits per heavy atom. The van der Waals surface area contributed by atoms with E-state index in [9.17, 15) is 13.9 Å². The molecular weight excluding hydrogens is 316 g/mol. The number of pyridine rings is 1. The third-order valence-electron chi connectivity index (χ3n) is 2.85. The van der Waals surface area contributed by atoms with E-state index in [-0.39, 0.29) is 12.2 Å². The summed E-state index contributed by atoms with van der Waals surface area (Å²) in [6, 6.07) is 7.27. The molecule has 0 fully saturated rings. The van der Waals surface area contributed by atoms with Gasteiger partial charge in [-0.25, -0.2) is 8.78 Å². The topological polar surface area (TPSA) is 33.1 Å². The SMILES string of the molecule is CC(O)(Cc1cccc(F)c1Br)c1ccc(F)cn1. The minimum absolute atomic E-state index is 0.171. The smallest absolute Gasteiger partial charge is 0.141 e. The monoisotopic (exact) mass is 327 g/mol. The first kappa shape index (κ1) is 14.1. The van der Waals surface area contributed by atoms with Crippen LogP contribution >= 0.6 is 15.9 Å². The van der Waals surface area contributed by atoms with Gasteiger partial charge >= 0.3 is 0 Å². The third-order valence-corrected chi connectivity index (χ3v) is 3.73. The third kappa shape index (κ3) is 3.16. The van der Waals surface area contributed by atoms with Crippen LogP contribution in [0.3, 0.4) is 0 Å². The molecule has 0 saturated carbocycles. The second-order valence-electron chi connectivity index (χ2n) is 4.53. The molecule has 1 heterocycles. The van der Waals surface area contributed by atoms with E-state index in [1.54, 1.807) is 19.1 Å². The summed E-state index contributed by atoms with van der Waals surface area (Å²) >= 11 is 3.15. The molecule has 0 spiro atoms. The molecule has 0 amide bonds. The van der Waals surface area contributed by atoms with Crippen molar-refractivity contribution in [3.05, 3.63) is 63.9 Å². The fourth-order valence-corrected chi connectivity index (χ4v) is 2.25. The predicted molar refractivity (Wildman–Crippen MR) is 71.6 cm³/mol. The number of aliphatic hydroxyl groups is 1. The first-order valence-electron chi connectivity index (χ1n) is 5.67. The lowest BCUT2D eigenvalue weighted by molar-refractivity contribution is 0.0526. The van der Waals surface area contributed by atoms with E-state index in [0.717, 1.165) is 6.20 Å². The Balaban J connectivity index is 2.30. The summed E-state index contributed by atoms with van der Waals surface area (Å²) in [6.07, 6.45) is 1.22. The van der Waals surface area contributed by atoms with Gasteiger partial charge in [0.25, 0.3) is 0 Å². The highest BCUT2D eigenvalue weighted by atomic mass is 79.9. The number of halogens is 3. The first-order valence-corrected chi connectivity index (χ1v) is 6.47. The molecule has 0 bridgehead atoms. The predicted octanol–water partition coefficient (Wildman–Crippen LogP) is 3.57. The summed E-state index contributed by atoms with van der Waals surface area (Å²) in [5.41, 5.74) is -0.342. The Bertz CT molecular complexity index is 584. The average molecular weight is 328 g/mol. The molecule has 5 heteroatoms. The summed E-state index contributed by atoms with van der Waals surface area (Å²) in [6.45, 7) is 1.56. The molecule has 1 N–H and O–H groups in total. The van der Waals surface area contributed by atoms with E-state index in [2.05, 4.69) is 20.9 Å². The van der Waals surface area contributed by atoms with E-state index in [0.29, 0.717) is 15.7 Å². The molecule has 0 aliphatic carbocycles. The molecule has 1 unspecified atom stereocenters. The molecule has 100 valence electrons. The molecular formula is C14H12BrF2NO. The van der Waals surface area contributed by atoms with Crippen LogP contribution in [-0.2, 0) is 12.0 Å². The first-order chi connectivity index (χ1) is 8.90. The van der Waals surface area contributed by atoms with Crippen molar-refractivity contribution in [2.75, 3.05) is 0 Å². The van der Waals surface area contributed by atoms with Gasteiger partial charge in [0.2, 0.25) is 0 Å². The molecule has 0 aliphatic heterocycles. The number of hydrogen-bond donors (Lipinski definition) is 1. The van der Waals surface area contributed by atoms with Crippen molar-refractivity contribution in [1.29, 1.82) is 0 Å². The summed E-state index contributed by atoms with van der Waals surface area (Å²) in [5.74, 6) is -0.855. The maximum absolute atomic E-state index is 13.4. The molecule has 0 aliphatic rings. The lowest BCUT2D eigenvalue weighted by atomic mass is 9.93. The molecule has 1 aromatic heterocycles. The summed E-state index contributed by atoms with van der Waals surface area (Å²) in [5, 5.41) is 10.4. The van der Waals surface area contributed by atoms with Crippen molar-refractivity contribution in [2.24, 2.45) is 0 Å². The largest absolute Gasteiger partial charge is 0.383 e. The molecule has 0 radical (unpaired) electrons. The minimum atomic E-state index is -1.30. The van der Waals surface area contributed by atoms with Crippen LogP contribution in [0.4, 0.5) is 8.78 Å². The van der Waals surface area contributed by atoms with Crippen LogP contribution < -0.4 is 0 Å². The fourth-order valence-electron chi connectivity index (χ4n) is 1.84. The van der Waals surface area contributed by atoms with Crippen LogP contribution in [0.25, 0.3) is 0 Å². The van der Waals surface area contributed by atoms with Gasteiger partial charge in [0.15, 0.2) is 0 Å². The van der Waals surface area contributed by atoms with Crippen LogP contribution in [0.5, 0.6) is 0 Å². The van der Waals surface area contributed by atoms with Crippen LogP contribution in [-0.4, -0.2) is 10.1 Å².